The smallest absolute Gasteiger partial charge is 0.265 e. The van der Waals surface area contributed by atoms with Crippen LogP contribution in [0.25, 0.3) is 10.8 Å². The molecule has 3 aromatic rings. The fourth-order valence-corrected chi connectivity index (χ4v) is 6.56. The third-order valence-electron chi connectivity index (χ3n) is 7.03. The van der Waals surface area contributed by atoms with Crippen LogP contribution in [-0.4, -0.2) is 44.3 Å². The van der Waals surface area contributed by atoms with Gasteiger partial charge in [-0.3, -0.25) is 13.9 Å². The molecule has 0 spiro atoms. The minimum absolute atomic E-state index is 0.136. The molecule has 3 aromatic carbocycles. The minimum Gasteiger partial charge on any atom is -0.354 e. The predicted molar refractivity (Wildman–Crippen MR) is 147 cm³/mol. The van der Waals surface area contributed by atoms with Crippen molar-refractivity contribution >= 4 is 38.3 Å². The lowest BCUT2D eigenvalue weighted by Crippen LogP contribution is -2.48. The van der Waals surface area contributed by atoms with E-state index in [-0.39, 0.29) is 24.8 Å². The Morgan fingerprint density at radius 2 is 1.73 bits per heavy atom. The van der Waals surface area contributed by atoms with Gasteiger partial charge in [-0.25, -0.2) is 8.42 Å². The predicted octanol–water partition coefficient (Wildman–Crippen LogP) is 4.77. The van der Waals surface area contributed by atoms with Crippen LogP contribution in [0.2, 0.25) is 0 Å². The van der Waals surface area contributed by atoms with Crippen molar-refractivity contribution in [2.75, 3.05) is 17.4 Å². The van der Waals surface area contributed by atoms with Crippen LogP contribution in [0.5, 0.6) is 0 Å². The van der Waals surface area contributed by atoms with Crippen molar-refractivity contribution in [2.24, 2.45) is 0 Å². The molecule has 4 rings (SSSR count). The van der Waals surface area contributed by atoms with Gasteiger partial charge in [0.15, 0.2) is 0 Å². The largest absolute Gasteiger partial charge is 0.354 e. The van der Waals surface area contributed by atoms with E-state index in [1.54, 1.807) is 24.0 Å². The van der Waals surface area contributed by atoms with Crippen LogP contribution in [0.15, 0.2) is 65.6 Å². The zero-order valence-electron chi connectivity index (χ0n) is 21.7. The molecule has 2 amide bonds. The van der Waals surface area contributed by atoms with Crippen LogP contribution in [0.3, 0.4) is 0 Å². The van der Waals surface area contributed by atoms with Crippen molar-refractivity contribution in [3.05, 3.63) is 71.8 Å². The first-order valence-corrected chi connectivity index (χ1v) is 14.4. The molecule has 37 heavy (non-hydrogen) atoms. The molecule has 0 aliphatic carbocycles. The van der Waals surface area contributed by atoms with Gasteiger partial charge < -0.3 is 10.2 Å². The Morgan fingerprint density at radius 3 is 2.46 bits per heavy atom. The monoisotopic (exact) mass is 521 g/mol. The van der Waals surface area contributed by atoms with E-state index >= 15 is 0 Å². The number of unbranched alkanes of at least 4 members (excludes halogenated alkanes) is 1. The molecule has 0 fully saturated rings. The van der Waals surface area contributed by atoms with Crippen LogP contribution < -0.4 is 9.62 Å². The van der Waals surface area contributed by atoms with Crippen molar-refractivity contribution in [1.29, 1.82) is 0 Å². The van der Waals surface area contributed by atoms with Gasteiger partial charge in [-0.2, -0.15) is 0 Å². The molecule has 8 heteroatoms. The van der Waals surface area contributed by atoms with E-state index in [9.17, 15) is 18.0 Å². The van der Waals surface area contributed by atoms with E-state index in [0.717, 1.165) is 34.7 Å². The molecule has 0 bridgehead atoms. The molecule has 0 saturated carbocycles. The van der Waals surface area contributed by atoms with Gasteiger partial charge in [0.25, 0.3) is 10.0 Å². The molecule has 1 aliphatic rings. The van der Waals surface area contributed by atoms with E-state index in [4.69, 9.17) is 0 Å². The summed E-state index contributed by atoms with van der Waals surface area (Å²) in [7, 11) is -3.67. The number of carbonyl (C=O) groups is 2. The number of hydrogen-bond acceptors (Lipinski definition) is 4. The number of anilines is 1. The number of aryl methyl sites for hydroxylation is 1. The standard InChI is InChI=1S/C29H35N3O4S/c1-4-5-18-30-29(34)22(3)31(20-24-12-7-6-11-21(24)2)27(33)17-10-19-32-25-15-8-13-23-14-9-16-26(28(23)25)37(32,35)36/h6-9,11-16,22H,4-5,10,17-20H2,1-3H3,(H,30,34)/t22-/m0/s1. The number of nitrogens with one attached hydrogen (secondary N) is 1. The quantitative estimate of drug-likeness (QED) is 0.368. The number of carbonyl (C=O) groups excluding carboxylic acids is 2. The Kier molecular flexibility index (Phi) is 8.17. The number of rotatable bonds is 11. The summed E-state index contributed by atoms with van der Waals surface area (Å²) in [4.78, 5) is 28.2. The third kappa shape index (κ3) is 5.49. The molecule has 1 atom stereocenters. The van der Waals surface area contributed by atoms with Crippen molar-refractivity contribution in [1.82, 2.24) is 10.2 Å². The van der Waals surface area contributed by atoms with E-state index in [2.05, 4.69) is 12.2 Å². The average molecular weight is 522 g/mol. The summed E-state index contributed by atoms with van der Waals surface area (Å²) >= 11 is 0. The molecule has 1 aliphatic heterocycles. The number of amides is 2. The fourth-order valence-electron chi connectivity index (χ4n) is 4.81. The molecular weight excluding hydrogens is 486 g/mol. The minimum atomic E-state index is -3.67. The van der Waals surface area contributed by atoms with Gasteiger partial charge in [0, 0.05) is 31.4 Å². The van der Waals surface area contributed by atoms with E-state index in [1.165, 1.54) is 4.31 Å². The van der Waals surface area contributed by atoms with Crippen molar-refractivity contribution < 1.29 is 18.0 Å². The van der Waals surface area contributed by atoms with Gasteiger partial charge in [0.2, 0.25) is 11.8 Å². The molecule has 0 unspecified atom stereocenters. The Balaban J connectivity index is 1.48. The first kappa shape index (κ1) is 26.7. The molecule has 0 radical (unpaired) electrons. The first-order valence-electron chi connectivity index (χ1n) is 12.9. The second kappa shape index (κ2) is 11.3. The topological polar surface area (TPSA) is 86.8 Å². The second-order valence-electron chi connectivity index (χ2n) is 9.58. The van der Waals surface area contributed by atoms with Gasteiger partial charge >= 0.3 is 0 Å². The molecule has 196 valence electrons. The van der Waals surface area contributed by atoms with Crippen LogP contribution >= 0.6 is 0 Å². The summed E-state index contributed by atoms with van der Waals surface area (Å²) in [5.41, 5.74) is 2.68. The van der Waals surface area contributed by atoms with Crippen molar-refractivity contribution in [3.8, 4) is 0 Å². The zero-order chi connectivity index (χ0) is 26.6. The van der Waals surface area contributed by atoms with Gasteiger partial charge in [-0.1, -0.05) is 61.9 Å². The maximum atomic E-state index is 13.5. The second-order valence-corrected chi connectivity index (χ2v) is 11.4. The summed E-state index contributed by atoms with van der Waals surface area (Å²) in [6.07, 6.45) is 2.33. The molecular formula is C29H35N3O4S. The Hall–Kier alpha value is -3.39. The maximum Gasteiger partial charge on any atom is 0.265 e. The summed E-state index contributed by atoms with van der Waals surface area (Å²) in [6.45, 7) is 6.88. The summed E-state index contributed by atoms with van der Waals surface area (Å²) < 4.78 is 27.9. The average Bonchev–Trinajstić information content (AvgIpc) is 3.11. The SMILES string of the molecule is CCCCNC(=O)[C@H](C)N(Cc1ccccc1C)C(=O)CCCN1c2cccc3cccc(c23)S1(=O)=O. The number of hydrogen-bond donors (Lipinski definition) is 1. The lowest BCUT2D eigenvalue weighted by molar-refractivity contribution is -0.140. The molecule has 0 saturated heterocycles. The highest BCUT2D eigenvalue weighted by Gasteiger charge is 2.35. The molecule has 1 N–H and O–H groups in total. The molecule has 7 nitrogen and oxygen atoms in total. The summed E-state index contributed by atoms with van der Waals surface area (Å²) in [5.74, 6) is -0.353. The molecule has 1 heterocycles. The Bertz CT molecular complexity index is 1400. The highest BCUT2D eigenvalue weighted by Crippen LogP contribution is 2.42. The summed E-state index contributed by atoms with van der Waals surface area (Å²) in [6, 6.07) is 18.0. The number of benzene rings is 3. The Labute approximate surface area is 219 Å². The maximum absolute atomic E-state index is 13.5. The lowest BCUT2D eigenvalue weighted by atomic mass is 10.1. The fraction of sp³-hybridized carbons (Fsp3) is 0.379. The normalized spacial score (nSPS) is 14.5. The van der Waals surface area contributed by atoms with Crippen LogP contribution in [0.4, 0.5) is 5.69 Å². The highest BCUT2D eigenvalue weighted by atomic mass is 32.2. The van der Waals surface area contributed by atoms with E-state index in [0.29, 0.717) is 30.1 Å². The van der Waals surface area contributed by atoms with Crippen molar-refractivity contribution in [3.63, 3.8) is 0 Å². The zero-order valence-corrected chi connectivity index (χ0v) is 22.6. The van der Waals surface area contributed by atoms with E-state index in [1.807, 2.05) is 55.5 Å². The van der Waals surface area contributed by atoms with Gasteiger partial charge in [-0.05, 0) is 55.3 Å². The van der Waals surface area contributed by atoms with Gasteiger partial charge in [-0.15, -0.1) is 0 Å². The lowest BCUT2D eigenvalue weighted by Gasteiger charge is -2.29. The molecule has 0 aromatic heterocycles. The summed E-state index contributed by atoms with van der Waals surface area (Å²) in [5, 5.41) is 4.54. The third-order valence-corrected chi connectivity index (χ3v) is 8.89. The van der Waals surface area contributed by atoms with Crippen LogP contribution in [-0.2, 0) is 26.2 Å². The highest BCUT2D eigenvalue weighted by molar-refractivity contribution is 7.93. The van der Waals surface area contributed by atoms with Gasteiger partial charge in [0.1, 0.15) is 6.04 Å². The number of sulfonamides is 1. The van der Waals surface area contributed by atoms with Gasteiger partial charge in [0.05, 0.1) is 10.6 Å². The Morgan fingerprint density at radius 1 is 1.00 bits per heavy atom. The van der Waals surface area contributed by atoms with E-state index < -0.39 is 16.1 Å². The van der Waals surface area contributed by atoms with Crippen LogP contribution in [0, 0.1) is 6.92 Å². The number of nitrogens with zero attached hydrogens (tertiary/aromatic N) is 2. The van der Waals surface area contributed by atoms with Crippen molar-refractivity contribution in [2.45, 2.75) is 63.9 Å². The van der Waals surface area contributed by atoms with Crippen LogP contribution in [0.1, 0.15) is 50.7 Å². The first-order chi connectivity index (χ1) is 17.8.